The molecule has 34 heavy (non-hydrogen) atoms. The SMILES string of the molecule is COc1cc(NC(=O)Nc2ccc(Sc3ccc4nc(NC(=O)O)[nH]c4c3)cc2)cc(OC)c1. The number of rotatable bonds is 7. The van der Waals surface area contributed by atoms with Crippen molar-refractivity contribution in [1.29, 1.82) is 0 Å². The van der Waals surface area contributed by atoms with Crippen LogP contribution in [0.3, 0.4) is 0 Å². The van der Waals surface area contributed by atoms with Crippen LogP contribution in [0.1, 0.15) is 0 Å². The predicted octanol–water partition coefficient (Wildman–Crippen LogP) is 5.47. The molecule has 1 aromatic heterocycles. The zero-order chi connectivity index (χ0) is 24.1. The van der Waals surface area contributed by atoms with Gasteiger partial charge >= 0.3 is 12.1 Å². The van der Waals surface area contributed by atoms with E-state index in [0.29, 0.717) is 28.4 Å². The Morgan fingerprint density at radius 2 is 1.50 bits per heavy atom. The quantitative estimate of drug-likeness (QED) is 0.237. The van der Waals surface area contributed by atoms with Gasteiger partial charge in [0.25, 0.3) is 0 Å². The third kappa shape index (κ3) is 5.70. The maximum atomic E-state index is 12.4. The van der Waals surface area contributed by atoms with Gasteiger partial charge in [-0.25, -0.2) is 14.6 Å². The zero-order valence-electron chi connectivity index (χ0n) is 18.2. The standard InChI is InChI=1S/C23H21N5O5S/c1-32-15-9-14(10-16(11-15)33-2)25-22(29)24-13-3-5-17(6-4-13)34-18-7-8-19-20(12-18)27-21(26-19)28-23(30)31/h3-12H,1-2H3,(H,30,31)(H2,24,25,29)(H2,26,27,28). The van der Waals surface area contributed by atoms with Crippen LogP contribution in [0.25, 0.3) is 11.0 Å². The third-order valence-electron chi connectivity index (χ3n) is 4.64. The number of carbonyl (C=O) groups excluding carboxylic acids is 1. The number of fused-ring (bicyclic) bond motifs is 1. The molecule has 0 atom stereocenters. The monoisotopic (exact) mass is 479 g/mol. The van der Waals surface area contributed by atoms with Gasteiger partial charge in [-0.3, -0.25) is 5.32 Å². The minimum atomic E-state index is -1.18. The van der Waals surface area contributed by atoms with Gasteiger partial charge in [-0.1, -0.05) is 11.8 Å². The van der Waals surface area contributed by atoms with E-state index < -0.39 is 12.1 Å². The lowest BCUT2D eigenvalue weighted by Gasteiger charge is -2.11. The van der Waals surface area contributed by atoms with Gasteiger partial charge in [0.15, 0.2) is 0 Å². The summed E-state index contributed by atoms with van der Waals surface area (Å²) in [5.41, 5.74) is 2.55. The van der Waals surface area contributed by atoms with Gasteiger partial charge in [0, 0.05) is 39.4 Å². The molecule has 0 saturated heterocycles. The van der Waals surface area contributed by atoms with Gasteiger partial charge in [0.05, 0.1) is 25.3 Å². The van der Waals surface area contributed by atoms with Gasteiger partial charge in [0.2, 0.25) is 5.95 Å². The van der Waals surface area contributed by atoms with Crippen LogP contribution in [0, 0.1) is 0 Å². The molecule has 3 amide bonds. The Morgan fingerprint density at radius 1 is 0.853 bits per heavy atom. The van der Waals surface area contributed by atoms with Crippen molar-refractivity contribution in [3.05, 3.63) is 60.7 Å². The Bertz CT molecular complexity index is 1320. The molecule has 3 aromatic carbocycles. The number of carboxylic acid groups (broad SMARTS) is 1. The highest BCUT2D eigenvalue weighted by molar-refractivity contribution is 7.99. The average Bonchev–Trinajstić information content (AvgIpc) is 3.20. The summed E-state index contributed by atoms with van der Waals surface area (Å²) in [4.78, 5) is 32.2. The van der Waals surface area contributed by atoms with Crippen molar-refractivity contribution < 1.29 is 24.2 Å². The molecule has 174 valence electrons. The Hall–Kier alpha value is -4.38. The van der Waals surface area contributed by atoms with Crippen LogP contribution >= 0.6 is 11.8 Å². The summed E-state index contributed by atoms with van der Waals surface area (Å²) in [7, 11) is 3.08. The first-order chi connectivity index (χ1) is 16.4. The van der Waals surface area contributed by atoms with Crippen molar-refractivity contribution in [3.8, 4) is 11.5 Å². The number of carbonyl (C=O) groups is 2. The van der Waals surface area contributed by atoms with Crippen molar-refractivity contribution in [2.45, 2.75) is 9.79 Å². The fourth-order valence-corrected chi connectivity index (χ4v) is 3.99. The van der Waals surface area contributed by atoms with Crippen LogP contribution in [0.5, 0.6) is 11.5 Å². The van der Waals surface area contributed by atoms with Crippen LogP contribution < -0.4 is 25.4 Å². The average molecular weight is 480 g/mol. The number of H-pyrrole nitrogens is 1. The molecule has 0 aliphatic heterocycles. The van der Waals surface area contributed by atoms with Crippen LogP contribution in [-0.2, 0) is 0 Å². The van der Waals surface area contributed by atoms with Crippen LogP contribution in [0.4, 0.5) is 26.9 Å². The fraction of sp³-hybridized carbons (Fsp3) is 0.0870. The number of nitrogens with one attached hydrogen (secondary N) is 4. The van der Waals surface area contributed by atoms with E-state index in [2.05, 4.69) is 25.9 Å². The van der Waals surface area contributed by atoms with Gasteiger partial charge in [-0.15, -0.1) is 0 Å². The van der Waals surface area contributed by atoms with Gasteiger partial charge in [0.1, 0.15) is 11.5 Å². The minimum Gasteiger partial charge on any atom is -0.497 e. The second-order valence-electron chi connectivity index (χ2n) is 7.00. The summed E-state index contributed by atoms with van der Waals surface area (Å²) in [6, 6.07) is 17.7. The summed E-state index contributed by atoms with van der Waals surface area (Å²) in [5.74, 6) is 1.31. The van der Waals surface area contributed by atoms with Crippen LogP contribution in [-0.4, -0.2) is 41.4 Å². The number of benzene rings is 3. The molecule has 4 aromatic rings. The van der Waals surface area contributed by atoms with Crippen molar-refractivity contribution >= 4 is 52.2 Å². The highest BCUT2D eigenvalue weighted by atomic mass is 32.2. The van der Waals surface area contributed by atoms with E-state index in [-0.39, 0.29) is 5.95 Å². The number of anilines is 3. The topological polar surface area (TPSA) is 138 Å². The van der Waals surface area contributed by atoms with E-state index in [0.717, 1.165) is 15.3 Å². The largest absolute Gasteiger partial charge is 0.497 e. The molecule has 0 aliphatic carbocycles. The molecule has 0 fully saturated rings. The van der Waals surface area contributed by atoms with Gasteiger partial charge in [-0.05, 0) is 42.5 Å². The maximum Gasteiger partial charge on any atom is 0.411 e. The molecule has 1 heterocycles. The lowest BCUT2D eigenvalue weighted by molar-refractivity contribution is 0.209. The van der Waals surface area contributed by atoms with Crippen molar-refractivity contribution in [1.82, 2.24) is 9.97 Å². The molecule has 4 rings (SSSR count). The number of hydrogen-bond donors (Lipinski definition) is 5. The second kappa shape index (κ2) is 10.0. The second-order valence-corrected chi connectivity index (χ2v) is 8.15. The molecule has 11 heteroatoms. The third-order valence-corrected chi connectivity index (χ3v) is 5.63. The normalized spacial score (nSPS) is 10.5. The van der Waals surface area contributed by atoms with E-state index in [1.165, 1.54) is 11.8 Å². The fourth-order valence-electron chi connectivity index (χ4n) is 3.13. The van der Waals surface area contributed by atoms with Crippen molar-refractivity contribution in [3.63, 3.8) is 0 Å². The maximum absolute atomic E-state index is 12.4. The van der Waals surface area contributed by atoms with Crippen LogP contribution in [0.2, 0.25) is 0 Å². The highest BCUT2D eigenvalue weighted by Gasteiger charge is 2.09. The molecule has 0 saturated carbocycles. The van der Waals surface area contributed by atoms with Gasteiger partial charge < -0.3 is 30.2 Å². The molecular weight excluding hydrogens is 458 g/mol. The summed E-state index contributed by atoms with van der Waals surface area (Å²) in [6.45, 7) is 0. The zero-order valence-corrected chi connectivity index (χ0v) is 19.0. The number of methoxy groups -OCH3 is 2. The summed E-state index contributed by atoms with van der Waals surface area (Å²) < 4.78 is 10.4. The minimum absolute atomic E-state index is 0.172. The van der Waals surface area contributed by atoms with E-state index in [1.54, 1.807) is 44.6 Å². The lowest BCUT2D eigenvalue weighted by atomic mass is 10.2. The number of hydrogen-bond acceptors (Lipinski definition) is 6. The molecule has 5 N–H and O–H groups in total. The first-order valence-electron chi connectivity index (χ1n) is 10.0. The number of aromatic amines is 1. The smallest absolute Gasteiger partial charge is 0.411 e. The number of ether oxygens (including phenoxy) is 2. The highest BCUT2D eigenvalue weighted by Crippen LogP contribution is 2.31. The molecule has 0 aliphatic rings. The number of amides is 3. The molecule has 0 unspecified atom stereocenters. The number of aromatic nitrogens is 2. The van der Waals surface area contributed by atoms with E-state index >= 15 is 0 Å². The molecule has 0 bridgehead atoms. The van der Waals surface area contributed by atoms with Crippen LogP contribution in [0.15, 0.2) is 70.5 Å². The van der Waals surface area contributed by atoms with Crippen molar-refractivity contribution in [2.24, 2.45) is 0 Å². The molecule has 0 radical (unpaired) electrons. The Morgan fingerprint density at radius 3 is 2.15 bits per heavy atom. The molecule has 10 nitrogen and oxygen atoms in total. The summed E-state index contributed by atoms with van der Waals surface area (Å²) >= 11 is 1.52. The number of urea groups is 1. The van der Waals surface area contributed by atoms with Crippen molar-refractivity contribution in [2.75, 3.05) is 30.2 Å². The number of imidazole rings is 1. The predicted molar refractivity (Wildman–Crippen MR) is 130 cm³/mol. The summed E-state index contributed by atoms with van der Waals surface area (Å²) in [5, 5.41) is 16.6. The first kappa shape index (κ1) is 22.8. The van der Waals surface area contributed by atoms with Gasteiger partial charge in [-0.2, -0.15) is 0 Å². The lowest BCUT2D eigenvalue weighted by Crippen LogP contribution is -2.19. The Labute approximate surface area is 198 Å². The van der Waals surface area contributed by atoms with E-state index in [1.807, 2.05) is 30.3 Å². The first-order valence-corrected chi connectivity index (χ1v) is 10.8. The van der Waals surface area contributed by atoms with E-state index in [9.17, 15) is 9.59 Å². The molecule has 0 spiro atoms. The Balaban J connectivity index is 1.38. The van der Waals surface area contributed by atoms with E-state index in [4.69, 9.17) is 14.6 Å². The Kier molecular flexibility index (Phi) is 6.74. The number of nitrogens with zero attached hydrogens (tertiary/aromatic N) is 1. The summed E-state index contributed by atoms with van der Waals surface area (Å²) in [6.07, 6.45) is -1.18. The molecular formula is C23H21N5O5S.